The fourth-order valence-corrected chi connectivity index (χ4v) is 7.35. The van der Waals surface area contributed by atoms with Crippen molar-refractivity contribution in [3.05, 3.63) is 100 Å². The molecular weight excluding hydrogens is 565 g/mol. The number of aryl methyl sites for hydroxylation is 1. The van der Waals surface area contributed by atoms with Gasteiger partial charge in [0.25, 0.3) is 5.91 Å². The number of aromatic nitrogens is 1. The predicted molar refractivity (Wildman–Crippen MR) is 167 cm³/mol. The Morgan fingerprint density at radius 1 is 1.00 bits per heavy atom. The van der Waals surface area contributed by atoms with Crippen LogP contribution in [-0.2, 0) is 13.1 Å². The van der Waals surface area contributed by atoms with Crippen molar-refractivity contribution in [1.29, 1.82) is 0 Å². The summed E-state index contributed by atoms with van der Waals surface area (Å²) in [5.41, 5.74) is 2.90. The molecular formula is C35H37ClFN3O3. The van der Waals surface area contributed by atoms with Crippen LogP contribution in [0, 0.1) is 11.7 Å². The highest BCUT2D eigenvalue weighted by Crippen LogP contribution is 2.40. The molecule has 2 aliphatic rings. The van der Waals surface area contributed by atoms with Crippen LogP contribution in [0.25, 0.3) is 10.9 Å². The standard InChI is InChI=1S/C35H37ClFN3O3/c1-43-33-11-4-10-30-31(35(42)38-21-23-6-2-9-27(37)16-23)22-39(34(30)33)14-5-15-40-28-12-13-29(40)18-24(17-28)19-32(41)25-7-3-8-26(36)20-25/h2-4,6-11,16,20,22,24,28-29H,5,12-15,17-19,21H2,1H3,(H,38,42)/t24-,28+,29-. The number of hydrogen-bond donors (Lipinski definition) is 1. The number of carbonyl (C=O) groups is 2. The summed E-state index contributed by atoms with van der Waals surface area (Å²) in [7, 11) is 1.65. The monoisotopic (exact) mass is 601 g/mol. The number of rotatable bonds is 11. The van der Waals surface area contributed by atoms with Crippen molar-refractivity contribution in [2.75, 3.05) is 13.7 Å². The molecule has 0 unspecified atom stereocenters. The summed E-state index contributed by atoms with van der Waals surface area (Å²) in [5, 5.41) is 4.38. The van der Waals surface area contributed by atoms with Crippen LogP contribution in [0.15, 0.2) is 72.9 Å². The lowest BCUT2D eigenvalue weighted by molar-refractivity contribution is 0.0807. The number of ketones is 1. The minimum absolute atomic E-state index is 0.185. The highest BCUT2D eigenvalue weighted by atomic mass is 35.5. The van der Waals surface area contributed by atoms with Crippen LogP contribution < -0.4 is 10.1 Å². The van der Waals surface area contributed by atoms with Crippen LogP contribution >= 0.6 is 11.6 Å². The molecule has 6 nitrogen and oxygen atoms in total. The highest BCUT2D eigenvalue weighted by molar-refractivity contribution is 6.31. The van der Waals surface area contributed by atoms with Gasteiger partial charge in [-0.2, -0.15) is 0 Å². The van der Waals surface area contributed by atoms with Crippen molar-refractivity contribution in [2.24, 2.45) is 5.92 Å². The molecule has 0 saturated carbocycles. The molecule has 1 N–H and O–H groups in total. The van der Waals surface area contributed by atoms with Gasteiger partial charge in [0.05, 0.1) is 18.2 Å². The molecule has 2 fully saturated rings. The van der Waals surface area contributed by atoms with Crippen LogP contribution in [0.3, 0.4) is 0 Å². The average molecular weight is 602 g/mol. The Balaban J connectivity index is 1.09. The molecule has 0 aliphatic carbocycles. The number of amides is 1. The lowest BCUT2D eigenvalue weighted by Crippen LogP contribution is -2.43. The number of Topliss-reactive ketones (excluding diaryl/α,β-unsaturated/α-hetero) is 1. The van der Waals surface area contributed by atoms with E-state index in [-0.39, 0.29) is 24.1 Å². The van der Waals surface area contributed by atoms with Gasteiger partial charge < -0.3 is 14.6 Å². The van der Waals surface area contributed by atoms with Gasteiger partial charge in [-0.15, -0.1) is 0 Å². The molecule has 1 aromatic heterocycles. The number of para-hydroxylation sites is 1. The van der Waals surface area contributed by atoms with Crippen molar-refractivity contribution >= 4 is 34.2 Å². The number of halogens is 2. The Hall–Kier alpha value is -3.68. The topological polar surface area (TPSA) is 63.6 Å². The van der Waals surface area contributed by atoms with Crippen molar-refractivity contribution in [2.45, 2.75) is 63.7 Å². The first-order valence-electron chi connectivity index (χ1n) is 15.1. The predicted octanol–water partition coefficient (Wildman–Crippen LogP) is 7.28. The van der Waals surface area contributed by atoms with Crippen LogP contribution in [0.5, 0.6) is 5.75 Å². The Morgan fingerprint density at radius 2 is 1.77 bits per heavy atom. The number of fused-ring (bicyclic) bond motifs is 3. The number of hydrogen-bond acceptors (Lipinski definition) is 4. The zero-order chi connectivity index (χ0) is 29.9. The highest BCUT2D eigenvalue weighted by Gasteiger charge is 2.40. The van der Waals surface area contributed by atoms with Crippen molar-refractivity contribution in [3.8, 4) is 5.75 Å². The lowest BCUT2D eigenvalue weighted by atomic mass is 9.85. The minimum atomic E-state index is -0.322. The molecule has 3 heterocycles. The Labute approximate surface area is 256 Å². The molecule has 2 aliphatic heterocycles. The molecule has 1 amide bonds. The van der Waals surface area contributed by atoms with Crippen molar-refractivity contribution in [3.63, 3.8) is 0 Å². The molecule has 224 valence electrons. The largest absolute Gasteiger partial charge is 0.495 e. The third-order valence-corrected chi connectivity index (χ3v) is 9.32. The molecule has 3 aromatic carbocycles. The quantitative estimate of drug-likeness (QED) is 0.184. The van der Waals surface area contributed by atoms with Gasteiger partial charge in [0, 0.05) is 60.3 Å². The van der Waals surface area contributed by atoms with E-state index in [0.717, 1.165) is 49.0 Å². The summed E-state index contributed by atoms with van der Waals surface area (Å²) < 4.78 is 21.4. The Bertz CT molecular complexity index is 1620. The summed E-state index contributed by atoms with van der Waals surface area (Å²) in [4.78, 5) is 28.8. The first-order chi connectivity index (χ1) is 20.9. The van der Waals surface area contributed by atoms with Crippen molar-refractivity contribution in [1.82, 2.24) is 14.8 Å². The summed E-state index contributed by atoms with van der Waals surface area (Å²) in [6.07, 6.45) is 7.91. The third kappa shape index (κ3) is 6.48. The molecule has 2 bridgehead atoms. The van der Waals surface area contributed by atoms with Gasteiger partial charge in [0.1, 0.15) is 11.6 Å². The van der Waals surface area contributed by atoms with E-state index in [2.05, 4.69) is 14.8 Å². The molecule has 2 saturated heterocycles. The zero-order valence-corrected chi connectivity index (χ0v) is 25.2. The molecule has 0 spiro atoms. The Kier molecular flexibility index (Phi) is 8.82. The number of nitrogens with zero attached hydrogens (tertiary/aromatic N) is 2. The van der Waals surface area contributed by atoms with Gasteiger partial charge >= 0.3 is 0 Å². The number of ether oxygens (including phenoxy) is 1. The smallest absolute Gasteiger partial charge is 0.253 e. The molecule has 6 rings (SSSR count). The molecule has 8 heteroatoms. The molecule has 0 radical (unpaired) electrons. The van der Waals surface area contributed by atoms with E-state index in [1.807, 2.05) is 36.5 Å². The maximum Gasteiger partial charge on any atom is 0.253 e. The molecule has 3 atom stereocenters. The van der Waals surface area contributed by atoms with Gasteiger partial charge in [-0.1, -0.05) is 48.0 Å². The maximum absolute atomic E-state index is 13.6. The van der Waals surface area contributed by atoms with E-state index >= 15 is 0 Å². The van der Waals surface area contributed by atoms with E-state index < -0.39 is 0 Å². The summed E-state index contributed by atoms with van der Waals surface area (Å²) >= 11 is 6.11. The van der Waals surface area contributed by atoms with Gasteiger partial charge in [-0.05, 0) is 73.9 Å². The van der Waals surface area contributed by atoms with Gasteiger partial charge in [-0.25, -0.2) is 4.39 Å². The van der Waals surface area contributed by atoms with Gasteiger partial charge in [0.2, 0.25) is 0 Å². The zero-order valence-electron chi connectivity index (χ0n) is 24.4. The second kappa shape index (κ2) is 12.9. The van der Waals surface area contributed by atoms with Crippen LogP contribution in [0.4, 0.5) is 4.39 Å². The number of methoxy groups -OCH3 is 1. The SMILES string of the molecule is COc1cccc2c(C(=O)NCc3cccc(F)c3)cn(CCCN3[C@@H]4CC[C@H]3C[C@@H](CC(=O)c3cccc(Cl)c3)C4)c12. The van der Waals surface area contributed by atoms with E-state index in [0.29, 0.717) is 46.1 Å². The molecule has 4 aromatic rings. The first-order valence-corrected chi connectivity index (χ1v) is 15.5. The van der Waals surface area contributed by atoms with E-state index in [9.17, 15) is 14.0 Å². The second-order valence-corrected chi connectivity index (χ2v) is 12.3. The van der Waals surface area contributed by atoms with Gasteiger partial charge in [-0.3, -0.25) is 14.5 Å². The number of nitrogens with one attached hydrogen (secondary N) is 1. The van der Waals surface area contributed by atoms with E-state index in [1.165, 1.54) is 25.0 Å². The van der Waals surface area contributed by atoms with Gasteiger partial charge in [0.15, 0.2) is 5.78 Å². The fourth-order valence-electron chi connectivity index (χ4n) is 7.16. The van der Waals surface area contributed by atoms with Crippen molar-refractivity contribution < 1.29 is 18.7 Å². The fraction of sp³-hybridized carbons (Fsp3) is 0.371. The maximum atomic E-state index is 13.6. The van der Waals surface area contributed by atoms with Crippen LogP contribution in [0.1, 0.15) is 64.8 Å². The first kappa shape index (κ1) is 29.4. The molecule has 43 heavy (non-hydrogen) atoms. The second-order valence-electron chi connectivity index (χ2n) is 11.9. The summed E-state index contributed by atoms with van der Waals surface area (Å²) in [6, 6.07) is 20.3. The Morgan fingerprint density at radius 3 is 2.51 bits per heavy atom. The normalized spacial score (nSPS) is 19.9. The number of carbonyl (C=O) groups excluding carboxylic acids is 2. The third-order valence-electron chi connectivity index (χ3n) is 9.09. The van der Waals surface area contributed by atoms with E-state index in [1.54, 1.807) is 31.4 Å². The van der Waals surface area contributed by atoms with E-state index in [4.69, 9.17) is 16.3 Å². The summed E-state index contributed by atoms with van der Waals surface area (Å²) in [6.45, 7) is 1.97. The minimum Gasteiger partial charge on any atom is -0.495 e. The lowest BCUT2D eigenvalue weighted by Gasteiger charge is -2.39. The summed E-state index contributed by atoms with van der Waals surface area (Å²) in [5.74, 6) is 0.799. The number of piperidine rings is 1. The average Bonchev–Trinajstić information content (AvgIpc) is 3.49. The van der Waals surface area contributed by atoms with Crippen LogP contribution in [-0.4, -0.2) is 46.9 Å². The number of benzene rings is 3. The van der Waals surface area contributed by atoms with Crippen LogP contribution in [0.2, 0.25) is 5.02 Å².